The lowest BCUT2D eigenvalue weighted by molar-refractivity contribution is -0.124. The van der Waals surface area contributed by atoms with Crippen molar-refractivity contribution < 1.29 is 9.90 Å². The molecule has 1 fully saturated rings. The van der Waals surface area contributed by atoms with Crippen LogP contribution in [-0.2, 0) is 4.79 Å². The standard InChI is InChI=1S/C16H32N2O2/c1-4-5-6-9-13(2)17-16(20)12-18-11-8-7-10-15(18)14(3)19/h13-15,19H,4-12H2,1-3H3,(H,17,20). The lowest BCUT2D eigenvalue weighted by Gasteiger charge is -2.37. The monoisotopic (exact) mass is 284 g/mol. The number of rotatable bonds is 8. The summed E-state index contributed by atoms with van der Waals surface area (Å²) < 4.78 is 0. The lowest BCUT2D eigenvalue weighted by Crippen LogP contribution is -2.50. The maximum Gasteiger partial charge on any atom is 0.234 e. The molecule has 118 valence electrons. The molecule has 0 aromatic carbocycles. The third-order valence-electron chi connectivity index (χ3n) is 4.22. The van der Waals surface area contributed by atoms with Crippen molar-refractivity contribution in [2.75, 3.05) is 13.1 Å². The molecule has 1 heterocycles. The van der Waals surface area contributed by atoms with E-state index in [4.69, 9.17) is 0 Å². The Labute approximate surface area is 123 Å². The minimum atomic E-state index is -0.356. The average Bonchev–Trinajstić information content (AvgIpc) is 2.39. The van der Waals surface area contributed by atoms with Gasteiger partial charge < -0.3 is 10.4 Å². The summed E-state index contributed by atoms with van der Waals surface area (Å²) in [6.07, 6.45) is 7.60. The first kappa shape index (κ1) is 17.4. The molecule has 3 unspecified atom stereocenters. The summed E-state index contributed by atoms with van der Waals surface area (Å²) in [5, 5.41) is 12.9. The molecule has 0 bridgehead atoms. The van der Waals surface area contributed by atoms with E-state index in [0.717, 1.165) is 32.2 Å². The molecule has 0 aliphatic carbocycles. The number of hydrogen-bond donors (Lipinski definition) is 2. The molecule has 2 N–H and O–H groups in total. The minimum Gasteiger partial charge on any atom is -0.392 e. The molecular weight excluding hydrogens is 252 g/mol. The Morgan fingerprint density at radius 1 is 1.35 bits per heavy atom. The second-order valence-corrected chi connectivity index (χ2v) is 6.24. The topological polar surface area (TPSA) is 52.6 Å². The Kier molecular flexibility index (Phi) is 8.15. The Balaban J connectivity index is 2.32. The fourth-order valence-corrected chi connectivity index (χ4v) is 3.04. The SMILES string of the molecule is CCCCCC(C)NC(=O)CN1CCCCC1C(C)O. The quantitative estimate of drug-likeness (QED) is 0.673. The van der Waals surface area contributed by atoms with Gasteiger partial charge in [-0.15, -0.1) is 0 Å². The molecule has 0 radical (unpaired) electrons. The summed E-state index contributed by atoms with van der Waals surface area (Å²) in [5.74, 6) is 0.0987. The van der Waals surface area contributed by atoms with E-state index in [1.54, 1.807) is 0 Å². The second-order valence-electron chi connectivity index (χ2n) is 6.24. The normalized spacial score (nSPS) is 23.3. The van der Waals surface area contributed by atoms with Crippen molar-refractivity contribution in [2.45, 2.75) is 83.9 Å². The van der Waals surface area contributed by atoms with Crippen LogP contribution in [0.15, 0.2) is 0 Å². The number of nitrogens with one attached hydrogen (secondary N) is 1. The van der Waals surface area contributed by atoms with Crippen molar-refractivity contribution in [1.82, 2.24) is 10.2 Å². The predicted molar refractivity (Wildman–Crippen MR) is 82.6 cm³/mol. The first-order valence-electron chi connectivity index (χ1n) is 8.26. The van der Waals surface area contributed by atoms with Gasteiger partial charge in [0.1, 0.15) is 0 Å². The molecular formula is C16H32N2O2. The fourth-order valence-electron chi connectivity index (χ4n) is 3.04. The highest BCUT2D eigenvalue weighted by Gasteiger charge is 2.27. The highest BCUT2D eigenvalue weighted by atomic mass is 16.3. The zero-order chi connectivity index (χ0) is 15.0. The smallest absolute Gasteiger partial charge is 0.234 e. The second kappa shape index (κ2) is 9.35. The molecule has 0 aromatic rings. The van der Waals surface area contributed by atoms with Gasteiger partial charge in [-0.25, -0.2) is 0 Å². The van der Waals surface area contributed by atoms with Crippen molar-refractivity contribution in [3.8, 4) is 0 Å². The zero-order valence-electron chi connectivity index (χ0n) is 13.4. The number of likely N-dealkylation sites (tertiary alicyclic amines) is 1. The van der Waals surface area contributed by atoms with Crippen molar-refractivity contribution in [3.63, 3.8) is 0 Å². The van der Waals surface area contributed by atoms with E-state index in [1.165, 1.54) is 19.3 Å². The Bertz CT molecular complexity index is 282. The van der Waals surface area contributed by atoms with Gasteiger partial charge in [0.05, 0.1) is 12.6 Å². The third kappa shape index (κ3) is 6.23. The van der Waals surface area contributed by atoms with Gasteiger partial charge in [-0.2, -0.15) is 0 Å². The summed E-state index contributed by atoms with van der Waals surface area (Å²) in [6, 6.07) is 0.397. The van der Waals surface area contributed by atoms with Crippen LogP contribution in [0.1, 0.15) is 65.7 Å². The molecule has 1 aliphatic rings. The number of amides is 1. The van der Waals surface area contributed by atoms with Crippen LogP contribution >= 0.6 is 0 Å². The van der Waals surface area contributed by atoms with Crippen molar-refractivity contribution in [2.24, 2.45) is 0 Å². The van der Waals surface area contributed by atoms with Crippen LogP contribution in [0.5, 0.6) is 0 Å². The van der Waals surface area contributed by atoms with Crippen LogP contribution < -0.4 is 5.32 Å². The van der Waals surface area contributed by atoms with E-state index in [1.807, 2.05) is 6.92 Å². The van der Waals surface area contributed by atoms with Gasteiger partial charge in [0.25, 0.3) is 0 Å². The number of aliphatic hydroxyl groups is 1. The molecule has 0 spiro atoms. The molecule has 20 heavy (non-hydrogen) atoms. The first-order valence-corrected chi connectivity index (χ1v) is 8.26. The van der Waals surface area contributed by atoms with Gasteiger partial charge in [0.2, 0.25) is 5.91 Å². The van der Waals surface area contributed by atoms with Crippen molar-refractivity contribution in [3.05, 3.63) is 0 Å². The summed E-state index contributed by atoms with van der Waals surface area (Å²) in [7, 11) is 0. The van der Waals surface area contributed by atoms with Crippen molar-refractivity contribution in [1.29, 1.82) is 0 Å². The number of piperidine rings is 1. The third-order valence-corrected chi connectivity index (χ3v) is 4.22. The first-order chi connectivity index (χ1) is 9.54. The minimum absolute atomic E-state index is 0.0987. The Hall–Kier alpha value is -0.610. The maximum absolute atomic E-state index is 12.1. The largest absolute Gasteiger partial charge is 0.392 e. The highest BCUT2D eigenvalue weighted by Crippen LogP contribution is 2.19. The van der Waals surface area contributed by atoms with E-state index in [2.05, 4.69) is 24.1 Å². The van der Waals surface area contributed by atoms with Gasteiger partial charge in [0.15, 0.2) is 0 Å². The summed E-state index contributed by atoms with van der Waals surface area (Å²) in [4.78, 5) is 14.2. The van der Waals surface area contributed by atoms with E-state index in [-0.39, 0.29) is 24.1 Å². The molecule has 1 rings (SSSR count). The summed E-state index contributed by atoms with van der Waals surface area (Å²) in [5.41, 5.74) is 0. The van der Waals surface area contributed by atoms with Crippen molar-refractivity contribution >= 4 is 5.91 Å². The van der Waals surface area contributed by atoms with E-state index >= 15 is 0 Å². The Morgan fingerprint density at radius 3 is 2.75 bits per heavy atom. The summed E-state index contributed by atoms with van der Waals surface area (Å²) in [6.45, 7) is 7.45. The molecule has 1 amide bonds. The molecule has 3 atom stereocenters. The van der Waals surface area contributed by atoms with E-state index in [0.29, 0.717) is 6.54 Å². The number of nitrogens with zero attached hydrogens (tertiary/aromatic N) is 1. The van der Waals surface area contributed by atoms with Crippen LogP contribution in [0.3, 0.4) is 0 Å². The fraction of sp³-hybridized carbons (Fsp3) is 0.938. The number of carbonyl (C=O) groups is 1. The zero-order valence-corrected chi connectivity index (χ0v) is 13.4. The van der Waals surface area contributed by atoms with Crippen LogP contribution in [0.2, 0.25) is 0 Å². The van der Waals surface area contributed by atoms with Crippen LogP contribution in [0.25, 0.3) is 0 Å². The number of aliphatic hydroxyl groups excluding tert-OH is 1. The molecule has 1 saturated heterocycles. The molecule has 4 nitrogen and oxygen atoms in total. The predicted octanol–water partition coefficient (Wildman–Crippen LogP) is 2.31. The number of hydrogen-bond acceptors (Lipinski definition) is 3. The highest BCUT2D eigenvalue weighted by molar-refractivity contribution is 5.78. The summed E-state index contributed by atoms with van der Waals surface area (Å²) >= 11 is 0. The van der Waals surface area contributed by atoms with Crippen LogP contribution in [-0.4, -0.2) is 47.2 Å². The molecule has 0 aromatic heterocycles. The lowest BCUT2D eigenvalue weighted by atomic mass is 9.98. The van der Waals surface area contributed by atoms with Gasteiger partial charge >= 0.3 is 0 Å². The van der Waals surface area contributed by atoms with Crippen LogP contribution in [0.4, 0.5) is 0 Å². The average molecular weight is 284 g/mol. The Morgan fingerprint density at radius 2 is 2.10 bits per heavy atom. The van der Waals surface area contributed by atoms with Crippen LogP contribution in [0, 0.1) is 0 Å². The maximum atomic E-state index is 12.1. The number of carbonyl (C=O) groups excluding carboxylic acids is 1. The number of unbranched alkanes of at least 4 members (excludes halogenated alkanes) is 2. The van der Waals surface area contributed by atoms with Gasteiger partial charge in [-0.05, 0) is 39.7 Å². The molecule has 1 aliphatic heterocycles. The van der Waals surface area contributed by atoms with Gasteiger partial charge in [0, 0.05) is 12.1 Å². The van der Waals surface area contributed by atoms with E-state index < -0.39 is 0 Å². The van der Waals surface area contributed by atoms with E-state index in [9.17, 15) is 9.90 Å². The van der Waals surface area contributed by atoms with Gasteiger partial charge in [-0.1, -0.05) is 32.6 Å². The molecule has 4 heteroatoms. The molecule has 0 saturated carbocycles. The van der Waals surface area contributed by atoms with Gasteiger partial charge in [-0.3, -0.25) is 9.69 Å².